The number of nitrogens with one attached hydrogen (secondary N) is 1. The van der Waals surface area contributed by atoms with E-state index in [2.05, 4.69) is 5.32 Å². The average Bonchev–Trinajstić information content (AvgIpc) is 2.58. The number of methoxy groups -OCH3 is 1. The van der Waals surface area contributed by atoms with Crippen LogP contribution in [0.4, 0.5) is 0 Å². The van der Waals surface area contributed by atoms with E-state index in [1.165, 1.54) is 7.11 Å². The Bertz CT molecular complexity index is 732. The van der Waals surface area contributed by atoms with Crippen LogP contribution in [0.15, 0.2) is 48.5 Å². The van der Waals surface area contributed by atoms with Crippen molar-refractivity contribution in [2.24, 2.45) is 0 Å². The summed E-state index contributed by atoms with van der Waals surface area (Å²) in [4.78, 5) is 24.1. The number of halogens is 2. The van der Waals surface area contributed by atoms with Crippen molar-refractivity contribution in [2.45, 2.75) is 18.6 Å². The molecule has 2 aromatic rings. The van der Waals surface area contributed by atoms with Gasteiger partial charge in [-0.25, -0.2) is 4.79 Å². The topological polar surface area (TPSA) is 75.6 Å². The van der Waals surface area contributed by atoms with Crippen LogP contribution in [0.1, 0.15) is 17.2 Å². The van der Waals surface area contributed by atoms with Gasteiger partial charge in [-0.15, -0.1) is 0 Å². The first-order chi connectivity index (χ1) is 11.9. The summed E-state index contributed by atoms with van der Waals surface area (Å²) in [5.74, 6) is -1.74. The third-order valence-corrected chi connectivity index (χ3v) is 4.37. The minimum Gasteiger partial charge on any atom is -0.480 e. The van der Waals surface area contributed by atoms with E-state index in [0.717, 1.165) is 0 Å². The molecule has 25 heavy (non-hydrogen) atoms. The molecule has 2 atom stereocenters. The van der Waals surface area contributed by atoms with E-state index in [1.54, 1.807) is 42.5 Å². The zero-order valence-electron chi connectivity index (χ0n) is 13.4. The van der Waals surface area contributed by atoms with Gasteiger partial charge >= 0.3 is 5.97 Å². The van der Waals surface area contributed by atoms with Crippen molar-refractivity contribution in [1.82, 2.24) is 5.32 Å². The van der Waals surface area contributed by atoms with E-state index in [4.69, 9.17) is 27.9 Å². The Morgan fingerprint density at radius 3 is 2.20 bits per heavy atom. The zero-order chi connectivity index (χ0) is 18.4. The van der Waals surface area contributed by atoms with E-state index in [0.29, 0.717) is 21.2 Å². The van der Waals surface area contributed by atoms with Gasteiger partial charge in [0.2, 0.25) is 0 Å². The van der Waals surface area contributed by atoms with Crippen molar-refractivity contribution in [3.8, 4) is 0 Å². The van der Waals surface area contributed by atoms with Crippen LogP contribution in [0, 0.1) is 0 Å². The molecule has 0 heterocycles. The number of carboxylic acids is 1. The van der Waals surface area contributed by atoms with Gasteiger partial charge in [0, 0.05) is 23.6 Å². The predicted octanol–water partition coefficient (Wildman–Crippen LogP) is 3.49. The molecule has 0 radical (unpaired) electrons. The molecule has 132 valence electrons. The maximum Gasteiger partial charge on any atom is 0.326 e. The highest BCUT2D eigenvalue weighted by Crippen LogP contribution is 2.26. The van der Waals surface area contributed by atoms with E-state index in [-0.39, 0.29) is 6.42 Å². The number of carboxylic acid groups (broad SMARTS) is 1. The summed E-state index contributed by atoms with van der Waals surface area (Å²) in [5.41, 5.74) is 1.09. The molecule has 0 aromatic heterocycles. The molecule has 0 spiro atoms. The van der Waals surface area contributed by atoms with Gasteiger partial charge in [-0.3, -0.25) is 4.79 Å². The summed E-state index contributed by atoms with van der Waals surface area (Å²) in [7, 11) is 1.39. The molecule has 2 aromatic carbocycles. The van der Waals surface area contributed by atoms with Crippen molar-refractivity contribution in [3.63, 3.8) is 0 Å². The normalized spacial score (nSPS) is 13.1. The van der Waals surface area contributed by atoms with Gasteiger partial charge in [-0.05, 0) is 23.3 Å². The second-order valence-corrected chi connectivity index (χ2v) is 6.14. The monoisotopic (exact) mass is 381 g/mol. The Hall–Kier alpha value is -2.08. The Labute approximate surface area is 155 Å². The minimum absolute atomic E-state index is 0.0369. The lowest BCUT2D eigenvalue weighted by atomic mass is 10.0. The second kappa shape index (κ2) is 8.85. The first-order valence-corrected chi connectivity index (χ1v) is 8.23. The summed E-state index contributed by atoms with van der Waals surface area (Å²) >= 11 is 12.2. The van der Waals surface area contributed by atoms with E-state index in [9.17, 15) is 14.7 Å². The molecule has 5 nitrogen and oxygen atoms in total. The highest BCUT2D eigenvalue weighted by atomic mass is 35.5. The number of hydrogen-bond donors (Lipinski definition) is 2. The Kier molecular flexibility index (Phi) is 6.82. The summed E-state index contributed by atoms with van der Waals surface area (Å²) in [6, 6.07) is 12.5. The number of hydrogen-bond acceptors (Lipinski definition) is 3. The van der Waals surface area contributed by atoms with Crippen LogP contribution in [-0.2, 0) is 20.7 Å². The fourth-order valence-electron chi connectivity index (χ4n) is 2.40. The maximum atomic E-state index is 12.5. The van der Waals surface area contributed by atoms with Crippen molar-refractivity contribution in [1.29, 1.82) is 0 Å². The first kappa shape index (κ1) is 19.2. The highest BCUT2D eigenvalue weighted by Gasteiger charge is 2.27. The molecular formula is C18H17Cl2NO4. The zero-order valence-corrected chi connectivity index (χ0v) is 14.9. The van der Waals surface area contributed by atoms with Crippen LogP contribution in [0.25, 0.3) is 0 Å². The largest absolute Gasteiger partial charge is 0.480 e. The average molecular weight is 382 g/mol. The molecule has 0 saturated heterocycles. The van der Waals surface area contributed by atoms with Crippen molar-refractivity contribution >= 4 is 35.1 Å². The molecular weight excluding hydrogens is 365 g/mol. The first-order valence-electron chi connectivity index (χ1n) is 7.47. The second-order valence-electron chi connectivity index (χ2n) is 5.33. The van der Waals surface area contributed by atoms with Gasteiger partial charge in [0.25, 0.3) is 5.91 Å². The molecule has 0 aliphatic rings. The molecule has 1 amide bonds. The highest BCUT2D eigenvalue weighted by molar-refractivity contribution is 6.36. The molecule has 0 bridgehead atoms. The van der Waals surface area contributed by atoms with Crippen molar-refractivity contribution in [3.05, 3.63) is 69.7 Å². The number of aliphatic carboxylic acids is 1. The quantitative estimate of drug-likeness (QED) is 0.769. The summed E-state index contributed by atoms with van der Waals surface area (Å²) in [6.45, 7) is 0. The molecule has 2 N–H and O–H groups in total. The number of amides is 1. The number of rotatable bonds is 7. The van der Waals surface area contributed by atoms with Crippen molar-refractivity contribution < 1.29 is 19.4 Å². The molecule has 0 unspecified atom stereocenters. The number of carbonyl (C=O) groups excluding carboxylic acids is 1. The molecule has 0 fully saturated rings. The van der Waals surface area contributed by atoms with Gasteiger partial charge in [0.05, 0.1) is 0 Å². The molecule has 0 aliphatic carbocycles. The molecule has 0 aliphatic heterocycles. The third kappa shape index (κ3) is 4.95. The number of benzene rings is 2. The lowest BCUT2D eigenvalue weighted by Gasteiger charge is -2.20. The maximum absolute atomic E-state index is 12.5. The summed E-state index contributed by atoms with van der Waals surface area (Å²) in [5, 5.41) is 12.6. The fourth-order valence-corrected chi connectivity index (χ4v) is 2.95. The van der Waals surface area contributed by atoms with E-state index < -0.39 is 24.0 Å². The SMILES string of the molecule is CO[C@@H](C(=O)N[C@H](Cc1c(Cl)cccc1Cl)C(=O)O)c1ccccc1. The summed E-state index contributed by atoms with van der Waals surface area (Å²) in [6.07, 6.45) is -0.949. The van der Waals surface area contributed by atoms with Gasteiger partial charge in [0.1, 0.15) is 6.04 Å². The van der Waals surface area contributed by atoms with Gasteiger partial charge in [-0.1, -0.05) is 59.6 Å². The van der Waals surface area contributed by atoms with Crippen LogP contribution in [-0.4, -0.2) is 30.1 Å². The predicted molar refractivity (Wildman–Crippen MR) is 95.9 cm³/mol. The smallest absolute Gasteiger partial charge is 0.326 e. The van der Waals surface area contributed by atoms with Gasteiger partial charge in [-0.2, -0.15) is 0 Å². The minimum atomic E-state index is -1.19. The molecule has 7 heteroatoms. The fraction of sp³-hybridized carbons (Fsp3) is 0.222. The summed E-state index contributed by atoms with van der Waals surface area (Å²) < 4.78 is 5.22. The van der Waals surface area contributed by atoms with Gasteiger partial charge < -0.3 is 15.2 Å². The lowest BCUT2D eigenvalue weighted by Crippen LogP contribution is -2.44. The van der Waals surface area contributed by atoms with Crippen LogP contribution >= 0.6 is 23.2 Å². The number of carbonyl (C=O) groups is 2. The molecule has 0 saturated carbocycles. The number of ether oxygens (including phenoxy) is 1. The van der Waals surface area contributed by atoms with Crippen LogP contribution in [0.3, 0.4) is 0 Å². The van der Waals surface area contributed by atoms with E-state index >= 15 is 0 Å². The van der Waals surface area contributed by atoms with Crippen LogP contribution in [0.2, 0.25) is 10.0 Å². The van der Waals surface area contributed by atoms with Gasteiger partial charge in [0.15, 0.2) is 6.10 Å². The Morgan fingerprint density at radius 2 is 1.68 bits per heavy atom. The van der Waals surface area contributed by atoms with E-state index in [1.807, 2.05) is 6.07 Å². The van der Waals surface area contributed by atoms with Crippen LogP contribution < -0.4 is 5.32 Å². The lowest BCUT2D eigenvalue weighted by molar-refractivity contribution is -0.144. The Morgan fingerprint density at radius 1 is 1.08 bits per heavy atom. The standard InChI is InChI=1S/C18H17Cl2NO4/c1-25-16(11-6-3-2-4-7-11)17(22)21-15(18(23)24)10-12-13(19)8-5-9-14(12)20/h2-9,15-16H,10H2,1H3,(H,21,22)(H,23,24)/t15-,16-/m1/s1. The van der Waals surface area contributed by atoms with Crippen LogP contribution in [0.5, 0.6) is 0 Å². The Balaban J connectivity index is 2.18. The third-order valence-electron chi connectivity index (χ3n) is 3.66. The van der Waals surface area contributed by atoms with Crippen molar-refractivity contribution in [2.75, 3.05) is 7.11 Å². The molecule has 2 rings (SSSR count).